The Kier molecular flexibility index (Phi) is 4.20. The molecule has 2 aromatic rings. The van der Waals surface area contributed by atoms with E-state index in [0.29, 0.717) is 11.5 Å². The lowest BCUT2D eigenvalue weighted by atomic mass is 10.3. The molecular formula is C13H12O5S2. The molecule has 1 heterocycles. The lowest BCUT2D eigenvalue weighted by Gasteiger charge is -2.02. The van der Waals surface area contributed by atoms with Crippen LogP contribution in [0.2, 0.25) is 0 Å². The molecule has 0 aliphatic carbocycles. The molecule has 0 unspecified atom stereocenters. The maximum absolute atomic E-state index is 11.3. The van der Waals surface area contributed by atoms with Gasteiger partial charge in [-0.2, -0.15) is 0 Å². The summed E-state index contributed by atoms with van der Waals surface area (Å²) in [5, 5.41) is 8.94. The molecule has 1 aromatic carbocycles. The summed E-state index contributed by atoms with van der Waals surface area (Å²) in [5.74, 6) is -0.274. The molecule has 0 atom stereocenters. The molecule has 20 heavy (non-hydrogen) atoms. The van der Waals surface area contributed by atoms with Gasteiger partial charge in [0.2, 0.25) is 0 Å². The molecular weight excluding hydrogens is 300 g/mol. The molecule has 5 nitrogen and oxygen atoms in total. The smallest absolute Gasteiger partial charge is 0.339 e. The number of benzene rings is 1. The largest absolute Gasteiger partial charge is 0.478 e. The van der Waals surface area contributed by atoms with Crippen LogP contribution in [-0.2, 0) is 15.6 Å². The van der Waals surface area contributed by atoms with Gasteiger partial charge in [-0.05, 0) is 30.3 Å². The number of rotatable bonds is 5. The number of aromatic carboxylic acids is 1. The van der Waals surface area contributed by atoms with Crippen molar-refractivity contribution in [2.75, 3.05) is 6.26 Å². The fourth-order valence-electron chi connectivity index (χ4n) is 1.57. The van der Waals surface area contributed by atoms with E-state index in [2.05, 4.69) is 0 Å². The van der Waals surface area contributed by atoms with Crippen molar-refractivity contribution in [1.29, 1.82) is 0 Å². The molecule has 0 spiro atoms. The molecule has 106 valence electrons. The maximum atomic E-state index is 11.3. The van der Waals surface area contributed by atoms with E-state index in [1.165, 1.54) is 36.2 Å². The van der Waals surface area contributed by atoms with Crippen molar-refractivity contribution < 1.29 is 22.7 Å². The van der Waals surface area contributed by atoms with Gasteiger partial charge in [0.05, 0.1) is 16.9 Å². The van der Waals surface area contributed by atoms with Gasteiger partial charge >= 0.3 is 5.97 Å². The van der Waals surface area contributed by atoms with Gasteiger partial charge in [-0.15, -0.1) is 11.8 Å². The average molecular weight is 312 g/mol. The Balaban J connectivity index is 2.08. The van der Waals surface area contributed by atoms with Gasteiger partial charge in [-0.3, -0.25) is 0 Å². The first-order valence-electron chi connectivity index (χ1n) is 5.60. The molecule has 0 amide bonds. The molecule has 0 saturated heterocycles. The van der Waals surface area contributed by atoms with E-state index in [1.54, 1.807) is 12.1 Å². The minimum absolute atomic E-state index is 0.144. The molecule has 0 saturated carbocycles. The summed E-state index contributed by atoms with van der Waals surface area (Å²) in [6, 6.07) is 7.83. The Morgan fingerprint density at radius 3 is 2.45 bits per heavy atom. The number of carboxylic acids is 1. The number of carbonyl (C=O) groups is 1. The van der Waals surface area contributed by atoms with Crippen LogP contribution in [-0.4, -0.2) is 25.7 Å². The van der Waals surface area contributed by atoms with Crippen molar-refractivity contribution in [3.8, 4) is 0 Å². The van der Waals surface area contributed by atoms with Crippen molar-refractivity contribution in [3.05, 3.63) is 47.9 Å². The third kappa shape index (κ3) is 3.43. The minimum Gasteiger partial charge on any atom is -0.478 e. The van der Waals surface area contributed by atoms with Gasteiger partial charge in [-0.25, -0.2) is 13.2 Å². The molecule has 0 fully saturated rings. The first-order chi connectivity index (χ1) is 9.38. The van der Waals surface area contributed by atoms with Crippen LogP contribution in [0.15, 0.2) is 50.8 Å². The fraction of sp³-hybridized carbons (Fsp3) is 0.154. The van der Waals surface area contributed by atoms with E-state index < -0.39 is 15.8 Å². The highest BCUT2D eigenvalue weighted by molar-refractivity contribution is 7.98. The summed E-state index contributed by atoms with van der Waals surface area (Å²) in [7, 11) is -3.20. The van der Waals surface area contributed by atoms with Gasteiger partial charge in [0.25, 0.3) is 0 Å². The predicted molar refractivity (Wildman–Crippen MR) is 74.8 cm³/mol. The second-order valence-corrected chi connectivity index (χ2v) is 7.16. The fourth-order valence-corrected chi connectivity index (χ4v) is 3.06. The Labute approximate surface area is 120 Å². The van der Waals surface area contributed by atoms with Crippen LogP contribution in [0.4, 0.5) is 0 Å². The van der Waals surface area contributed by atoms with Gasteiger partial charge in [0.1, 0.15) is 11.3 Å². The van der Waals surface area contributed by atoms with E-state index in [-0.39, 0.29) is 10.5 Å². The normalized spacial score (nSPS) is 11.4. The molecule has 1 aromatic heterocycles. The molecule has 7 heteroatoms. The number of thioether (sulfide) groups is 1. The molecule has 0 radical (unpaired) electrons. The molecule has 2 rings (SSSR count). The third-order valence-electron chi connectivity index (χ3n) is 2.60. The lowest BCUT2D eigenvalue weighted by Crippen LogP contribution is -1.98. The first-order valence-corrected chi connectivity index (χ1v) is 8.48. The van der Waals surface area contributed by atoms with Crippen LogP contribution in [0.25, 0.3) is 0 Å². The van der Waals surface area contributed by atoms with Crippen molar-refractivity contribution in [1.82, 2.24) is 0 Å². The monoisotopic (exact) mass is 312 g/mol. The van der Waals surface area contributed by atoms with Crippen LogP contribution >= 0.6 is 11.8 Å². The Morgan fingerprint density at radius 2 is 1.90 bits per heavy atom. The second kappa shape index (κ2) is 5.72. The van der Waals surface area contributed by atoms with Gasteiger partial charge in [0, 0.05) is 11.2 Å². The second-order valence-electron chi connectivity index (χ2n) is 4.09. The average Bonchev–Trinajstić information content (AvgIpc) is 2.84. The van der Waals surface area contributed by atoms with E-state index in [9.17, 15) is 13.2 Å². The first kappa shape index (κ1) is 14.7. The highest BCUT2D eigenvalue weighted by atomic mass is 32.2. The third-order valence-corrected chi connectivity index (χ3v) is 4.74. The number of hydrogen-bond acceptors (Lipinski definition) is 5. The minimum atomic E-state index is -3.20. The summed E-state index contributed by atoms with van der Waals surface area (Å²) in [6.45, 7) is 0. The zero-order valence-corrected chi connectivity index (χ0v) is 12.2. The number of carboxylic acid groups (broad SMARTS) is 1. The summed E-state index contributed by atoms with van der Waals surface area (Å²) in [5.41, 5.74) is 0.144. The van der Waals surface area contributed by atoms with Crippen LogP contribution in [0.5, 0.6) is 0 Å². The highest BCUT2D eigenvalue weighted by Gasteiger charge is 2.13. The van der Waals surface area contributed by atoms with Crippen LogP contribution in [0.1, 0.15) is 16.1 Å². The molecule has 0 bridgehead atoms. The molecule has 1 N–H and O–H groups in total. The lowest BCUT2D eigenvalue weighted by molar-refractivity contribution is 0.0695. The summed E-state index contributed by atoms with van der Waals surface area (Å²) in [6.07, 6.45) is 2.49. The number of sulfone groups is 1. The summed E-state index contributed by atoms with van der Waals surface area (Å²) in [4.78, 5) is 12.0. The van der Waals surface area contributed by atoms with Gasteiger partial charge in [0.15, 0.2) is 9.84 Å². The van der Waals surface area contributed by atoms with E-state index >= 15 is 0 Å². The van der Waals surface area contributed by atoms with E-state index in [1.807, 2.05) is 0 Å². The van der Waals surface area contributed by atoms with E-state index in [0.717, 1.165) is 11.2 Å². The van der Waals surface area contributed by atoms with Gasteiger partial charge < -0.3 is 9.52 Å². The van der Waals surface area contributed by atoms with Gasteiger partial charge in [-0.1, -0.05) is 0 Å². The SMILES string of the molecule is CS(=O)(=O)c1ccc(SCc2occc2C(=O)O)cc1. The molecule has 0 aliphatic heterocycles. The van der Waals surface area contributed by atoms with Crippen LogP contribution < -0.4 is 0 Å². The van der Waals surface area contributed by atoms with Crippen molar-refractivity contribution in [2.24, 2.45) is 0 Å². The zero-order chi connectivity index (χ0) is 14.8. The van der Waals surface area contributed by atoms with Crippen LogP contribution in [0, 0.1) is 0 Å². The molecule has 0 aliphatic rings. The predicted octanol–water partition coefficient (Wildman–Crippen LogP) is 2.67. The van der Waals surface area contributed by atoms with Crippen molar-refractivity contribution in [3.63, 3.8) is 0 Å². The van der Waals surface area contributed by atoms with Crippen molar-refractivity contribution >= 4 is 27.6 Å². The maximum Gasteiger partial charge on any atom is 0.339 e. The Morgan fingerprint density at radius 1 is 1.25 bits per heavy atom. The number of furan rings is 1. The van der Waals surface area contributed by atoms with Crippen molar-refractivity contribution in [2.45, 2.75) is 15.5 Å². The van der Waals surface area contributed by atoms with E-state index in [4.69, 9.17) is 9.52 Å². The summed E-state index contributed by atoms with van der Waals surface area (Å²) < 4.78 is 27.8. The number of hydrogen-bond donors (Lipinski definition) is 1. The quantitative estimate of drug-likeness (QED) is 0.854. The standard InChI is InChI=1S/C13H12O5S2/c1-20(16,17)10-4-2-9(3-5-10)19-8-12-11(13(14)15)6-7-18-12/h2-7H,8H2,1H3,(H,14,15). The zero-order valence-electron chi connectivity index (χ0n) is 10.6. The summed E-state index contributed by atoms with van der Waals surface area (Å²) >= 11 is 1.38. The van der Waals surface area contributed by atoms with Crippen LogP contribution in [0.3, 0.4) is 0 Å². The highest BCUT2D eigenvalue weighted by Crippen LogP contribution is 2.26. The topological polar surface area (TPSA) is 84.6 Å². The Bertz CT molecular complexity index is 713. The Hall–Kier alpha value is -1.73.